The van der Waals surface area contributed by atoms with Gasteiger partial charge >= 0.3 is 0 Å². The molecule has 136 valence electrons. The summed E-state index contributed by atoms with van der Waals surface area (Å²) in [4.78, 5) is 7.53. The predicted molar refractivity (Wildman–Crippen MR) is 100 cm³/mol. The monoisotopic (exact) mass is 334 g/mol. The Balaban J connectivity index is 1.51. The van der Waals surface area contributed by atoms with Gasteiger partial charge in [0.25, 0.3) is 0 Å². The van der Waals surface area contributed by atoms with E-state index in [1.54, 1.807) is 6.92 Å². The van der Waals surface area contributed by atoms with Crippen molar-refractivity contribution in [3.05, 3.63) is 11.3 Å². The first kappa shape index (κ1) is 18.1. The molecule has 0 aromatic carbocycles. The van der Waals surface area contributed by atoms with Crippen LogP contribution < -0.4 is 0 Å². The van der Waals surface area contributed by atoms with Crippen molar-refractivity contribution in [1.29, 1.82) is 0 Å². The lowest BCUT2D eigenvalue weighted by molar-refractivity contribution is 0.0560. The van der Waals surface area contributed by atoms with Gasteiger partial charge < -0.3 is 0 Å². The number of rotatable bonds is 5. The minimum absolute atomic E-state index is 0.359. The molecule has 0 radical (unpaired) electrons. The number of hydrogen-bond acceptors (Lipinski definition) is 2. The summed E-state index contributed by atoms with van der Waals surface area (Å²) in [6, 6.07) is 0. The van der Waals surface area contributed by atoms with Gasteiger partial charge in [-0.1, -0.05) is 32.1 Å². The van der Waals surface area contributed by atoms with Gasteiger partial charge in [-0.05, 0) is 64.5 Å². The minimum Gasteiger partial charge on any atom is -0.297 e. The van der Waals surface area contributed by atoms with Gasteiger partial charge in [-0.15, -0.1) is 0 Å². The second-order valence-electron chi connectivity index (χ2n) is 8.82. The van der Waals surface area contributed by atoms with Gasteiger partial charge in [-0.25, -0.2) is 4.39 Å². The van der Waals surface area contributed by atoms with Gasteiger partial charge in [-0.3, -0.25) is 9.89 Å². The van der Waals surface area contributed by atoms with Crippen molar-refractivity contribution in [2.24, 2.45) is 16.8 Å². The van der Waals surface area contributed by atoms with Crippen LogP contribution in [-0.4, -0.2) is 35.9 Å². The summed E-state index contributed by atoms with van der Waals surface area (Å²) in [6.07, 6.45) is 11.0. The van der Waals surface area contributed by atoms with Crippen molar-refractivity contribution >= 4 is 5.71 Å². The SMILES string of the molecule is CC1=C(/N=C(\C)C2CC(C)(F)C2)CN(CCC2CCCCC2)CC1. The van der Waals surface area contributed by atoms with Gasteiger partial charge in [0.15, 0.2) is 0 Å². The Morgan fingerprint density at radius 3 is 2.62 bits per heavy atom. The van der Waals surface area contributed by atoms with E-state index in [9.17, 15) is 4.39 Å². The number of nitrogens with zero attached hydrogens (tertiary/aromatic N) is 2. The molecule has 24 heavy (non-hydrogen) atoms. The van der Waals surface area contributed by atoms with Gasteiger partial charge in [0.05, 0.1) is 5.70 Å². The van der Waals surface area contributed by atoms with Crippen LogP contribution in [0.15, 0.2) is 16.3 Å². The number of halogens is 1. The third-order valence-electron chi connectivity index (χ3n) is 6.49. The molecule has 1 heterocycles. The highest BCUT2D eigenvalue weighted by atomic mass is 19.1. The molecule has 0 N–H and O–H groups in total. The molecule has 0 bridgehead atoms. The summed E-state index contributed by atoms with van der Waals surface area (Å²) in [5.74, 6) is 1.31. The standard InChI is InChI=1S/C21H35FN2/c1-16-9-11-24(12-10-18-7-5-4-6-8-18)15-20(16)23-17(2)19-13-21(3,22)14-19/h18-19H,4-15H2,1-3H3/b23-17+. The maximum absolute atomic E-state index is 13.7. The van der Waals surface area contributed by atoms with E-state index < -0.39 is 5.67 Å². The van der Waals surface area contributed by atoms with E-state index in [2.05, 4.69) is 18.7 Å². The quantitative estimate of drug-likeness (QED) is 0.603. The molecular weight excluding hydrogens is 299 g/mol. The third kappa shape index (κ3) is 4.68. The Morgan fingerprint density at radius 1 is 1.25 bits per heavy atom. The first-order chi connectivity index (χ1) is 11.4. The molecule has 1 aliphatic heterocycles. The average Bonchev–Trinajstić information content (AvgIpc) is 2.54. The van der Waals surface area contributed by atoms with E-state index in [0.29, 0.717) is 18.8 Å². The highest BCUT2D eigenvalue weighted by Crippen LogP contribution is 2.41. The summed E-state index contributed by atoms with van der Waals surface area (Å²) < 4.78 is 13.7. The topological polar surface area (TPSA) is 15.6 Å². The maximum atomic E-state index is 13.7. The van der Waals surface area contributed by atoms with Crippen LogP contribution >= 0.6 is 0 Å². The van der Waals surface area contributed by atoms with Crippen molar-refractivity contribution in [3.63, 3.8) is 0 Å². The zero-order chi connectivity index (χ0) is 17.2. The van der Waals surface area contributed by atoms with Crippen LogP contribution in [0.2, 0.25) is 0 Å². The van der Waals surface area contributed by atoms with Crippen molar-refractivity contribution in [3.8, 4) is 0 Å². The molecule has 2 aliphatic carbocycles. The lowest BCUT2D eigenvalue weighted by Crippen LogP contribution is -2.40. The van der Waals surface area contributed by atoms with Crippen molar-refractivity contribution in [2.45, 2.75) is 84.2 Å². The molecule has 2 fully saturated rings. The van der Waals surface area contributed by atoms with E-state index in [1.165, 1.54) is 62.9 Å². The highest BCUT2D eigenvalue weighted by Gasteiger charge is 2.41. The van der Waals surface area contributed by atoms with Crippen molar-refractivity contribution < 1.29 is 4.39 Å². The lowest BCUT2D eigenvalue weighted by atomic mass is 9.71. The van der Waals surface area contributed by atoms with Crippen LogP contribution in [0.25, 0.3) is 0 Å². The maximum Gasteiger partial charge on any atom is 0.109 e. The lowest BCUT2D eigenvalue weighted by Gasteiger charge is -2.39. The Kier molecular flexibility index (Phi) is 5.79. The van der Waals surface area contributed by atoms with Crippen LogP contribution in [0, 0.1) is 11.8 Å². The summed E-state index contributed by atoms with van der Waals surface area (Å²) in [7, 11) is 0. The summed E-state index contributed by atoms with van der Waals surface area (Å²) in [5, 5.41) is 0. The van der Waals surface area contributed by atoms with Crippen molar-refractivity contribution in [2.75, 3.05) is 19.6 Å². The Hall–Kier alpha value is -0.700. The molecular formula is C21H35FN2. The van der Waals surface area contributed by atoms with Gasteiger partial charge in [0.2, 0.25) is 0 Å². The second-order valence-corrected chi connectivity index (χ2v) is 8.82. The fourth-order valence-corrected chi connectivity index (χ4v) is 4.63. The van der Waals surface area contributed by atoms with Crippen LogP contribution in [0.3, 0.4) is 0 Å². The highest BCUT2D eigenvalue weighted by molar-refractivity contribution is 5.86. The first-order valence-electron chi connectivity index (χ1n) is 10.1. The van der Waals surface area contributed by atoms with E-state index in [1.807, 2.05) is 0 Å². The molecule has 2 saturated carbocycles. The Morgan fingerprint density at radius 2 is 1.96 bits per heavy atom. The fourth-order valence-electron chi connectivity index (χ4n) is 4.63. The molecule has 0 amide bonds. The molecule has 0 unspecified atom stereocenters. The van der Waals surface area contributed by atoms with Crippen molar-refractivity contribution in [1.82, 2.24) is 4.90 Å². The third-order valence-corrected chi connectivity index (χ3v) is 6.49. The summed E-state index contributed by atoms with van der Waals surface area (Å²) >= 11 is 0. The summed E-state index contributed by atoms with van der Waals surface area (Å²) in [6.45, 7) is 9.45. The average molecular weight is 335 g/mol. The number of aliphatic imine (C=N–C) groups is 1. The van der Waals surface area contributed by atoms with E-state index in [0.717, 1.165) is 24.6 Å². The predicted octanol–water partition coefficient (Wildman–Crippen LogP) is 5.54. The Labute approximate surface area is 147 Å². The zero-order valence-electron chi connectivity index (χ0n) is 15.9. The van der Waals surface area contributed by atoms with E-state index in [-0.39, 0.29) is 0 Å². The molecule has 0 aromatic rings. The number of alkyl halides is 1. The first-order valence-corrected chi connectivity index (χ1v) is 10.1. The molecule has 0 aromatic heterocycles. The fraction of sp³-hybridized carbons (Fsp3) is 0.857. The van der Waals surface area contributed by atoms with E-state index >= 15 is 0 Å². The number of hydrogen-bond donors (Lipinski definition) is 0. The molecule has 3 heteroatoms. The van der Waals surface area contributed by atoms with Crippen LogP contribution in [0.4, 0.5) is 4.39 Å². The molecule has 0 atom stereocenters. The normalized spacial score (nSPS) is 33.7. The molecule has 3 aliphatic rings. The van der Waals surface area contributed by atoms with Gasteiger partial charge in [0.1, 0.15) is 5.67 Å². The molecule has 0 spiro atoms. The second kappa shape index (κ2) is 7.68. The zero-order valence-corrected chi connectivity index (χ0v) is 15.9. The molecule has 0 saturated heterocycles. The molecule has 3 rings (SSSR count). The summed E-state index contributed by atoms with van der Waals surface area (Å²) in [5.41, 5.74) is 2.89. The van der Waals surface area contributed by atoms with E-state index in [4.69, 9.17) is 4.99 Å². The van der Waals surface area contributed by atoms with Crippen LogP contribution in [0.5, 0.6) is 0 Å². The van der Waals surface area contributed by atoms with Crippen LogP contribution in [0.1, 0.15) is 78.6 Å². The van der Waals surface area contributed by atoms with Gasteiger partial charge in [0, 0.05) is 24.7 Å². The molecule has 2 nitrogen and oxygen atoms in total. The van der Waals surface area contributed by atoms with Crippen LogP contribution in [-0.2, 0) is 0 Å². The minimum atomic E-state index is -0.955. The largest absolute Gasteiger partial charge is 0.297 e. The smallest absolute Gasteiger partial charge is 0.109 e. The van der Waals surface area contributed by atoms with Gasteiger partial charge in [-0.2, -0.15) is 0 Å². The Bertz CT molecular complexity index is 492.